The Labute approximate surface area is 158 Å². The number of aliphatic hydroxyl groups is 4. The van der Waals surface area contributed by atoms with Crippen molar-refractivity contribution >= 4 is 23.2 Å². The van der Waals surface area contributed by atoms with Gasteiger partial charge in [-0.3, -0.25) is 29.3 Å². The lowest BCUT2D eigenvalue weighted by Crippen LogP contribution is -2.55. The molecular formula is C16H22N4O8. The number of nitrogens with one attached hydrogen (secondary N) is 2. The zero-order valence-corrected chi connectivity index (χ0v) is 14.9. The van der Waals surface area contributed by atoms with E-state index in [9.17, 15) is 34.5 Å². The molecule has 3 rings (SSSR count). The summed E-state index contributed by atoms with van der Waals surface area (Å²) in [7, 11) is 0. The Morgan fingerprint density at radius 3 is 2.39 bits per heavy atom. The van der Waals surface area contributed by atoms with E-state index in [2.05, 4.69) is 4.98 Å². The molecule has 0 unspecified atom stereocenters. The number of amides is 1. The molecule has 2 heterocycles. The molecule has 0 spiro atoms. The molecule has 1 aromatic heterocycles. The highest BCUT2D eigenvalue weighted by Crippen LogP contribution is 2.32. The molecule has 2 aliphatic rings. The summed E-state index contributed by atoms with van der Waals surface area (Å²) in [5.41, 5.74) is -1.94. The first kappa shape index (κ1) is 20.2. The van der Waals surface area contributed by atoms with Crippen molar-refractivity contribution in [3.63, 3.8) is 0 Å². The number of hydrogen-bond acceptors (Lipinski definition) is 9. The molecular weight excluding hydrogens is 376 g/mol. The normalized spacial score (nSPS) is 19.9. The van der Waals surface area contributed by atoms with Gasteiger partial charge >= 0.3 is 5.69 Å². The first-order valence-electron chi connectivity index (χ1n) is 8.82. The summed E-state index contributed by atoms with van der Waals surface area (Å²) in [5, 5.41) is 38.2. The summed E-state index contributed by atoms with van der Waals surface area (Å²) < 4.78 is 0. The first-order valence-corrected chi connectivity index (χ1v) is 8.82. The summed E-state index contributed by atoms with van der Waals surface area (Å²) in [5.74, 6) is -0.988. The van der Waals surface area contributed by atoms with Crippen LogP contribution in [0.2, 0.25) is 0 Å². The van der Waals surface area contributed by atoms with Gasteiger partial charge in [0.2, 0.25) is 5.91 Å². The number of hydrogen-bond donors (Lipinski definition) is 6. The van der Waals surface area contributed by atoms with Crippen molar-refractivity contribution in [1.82, 2.24) is 9.97 Å². The Balaban J connectivity index is 1.91. The number of aromatic amines is 2. The van der Waals surface area contributed by atoms with E-state index in [-0.39, 0.29) is 36.3 Å². The van der Waals surface area contributed by atoms with Crippen LogP contribution in [0.5, 0.6) is 0 Å². The summed E-state index contributed by atoms with van der Waals surface area (Å²) in [4.78, 5) is 55.3. The van der Waals surface area contributed by atoms with Crippen molar-refractivity contribution in [3.8, 4) is 0 Å². The number of aromatic nitrogens is 2. The molecule has 1 aromatic rings. The van der Waals surface area contributed by atoms with Gasteiger partial charge in [-0.2, -0.15) is 0 Å². The Kier molecular flexibility index (Phi) is 5.65. The maximum Gasteiger partial charge on any atom is 0.327 e. The predicted octanol–water partition coefficient (Wildman–Crippen LogP) is -3.73. The van der Waals surface area contributed by atoms with Crippen molar-refractivity contribution in [1.29, 1.82) is 0 Å². The maximum atomic E-state index is 12.6. The van der Waals surface area contributed by atoms with Crippen LogP contribution in [0.3, 0.4) is 0 Å². The number of ketones is 1. The molecule has 0 bridgehead atoms. The highest BCUT2D eigenvalue weighted by molar-refractivity contribution is 6.06. The van der Waals surface area contributed by atoms with Gasteiger partial charge in [-0.25, -0.2) is 4.79 Å². The van der Waals surface area contributed by atoms with E-state index in [0.717, 1.165) is 17.7 Å². The topological polar surface area (TPSA) is 187 Å². The van der Waals surface area contributed by atoms with Gasteiger partial charge in [-0.15, -0.1) is 0 Å². The summed E-state index contributed by atoms with van der Waals surface area (Å²) >= 11 is 0. The van der Waals surface area contributed by atoms with Crippen LogP contribution in [0.15, 0.2) is 9.59 Å². The summed E-state index contributed by atoms with van der Waals surface area (Å²) in [6.07, 6.45) is -3.45. The Morgan fingerprint density at radius 1 is 1.11 bits per heavy atom. The van der Waals surface area contributed by atoms with E-state index in [4.69, 9.17) is 5.11 Å². The van der Waals surface area contributed by atoms with Gasteiger partial charge < -0.3 is 25.3 Å². The minimum Gasteiger partial charge on any atom is -0.394 e. The molecule has 28 heavy (non-hydrogen) atoms. The molecule has 12 nitrogen and oxygen atoms in total. The SMILES string of the molecule is O=C(CN1C(=O)CN(C[C@H](O)[C@H](O)[C@H](O)CO)c2[nH]c(=O)[nH]c(=O)c21)C1CC1. The summed E-state index contributed by atoms with van der Waals surface area (Å²) in [6.45, 7) is -1.88. The average Bonchev–Trinajstić information content (AvgIpc) is 3.48. The lowest BCUT2D eigenvalue weighted by molar-refractivity contribution is -0.123. The smallest absolute Gasteiger partial charge is 0.327 e. The summed E-state index contributed by atoms with van der Waals surface area (Å²) in [6, 6.07) is 0. The molecule has 0 aromatic carbocycles. The minimum absolute atomic E-state index is 0.0818. The molecule has 154 valence electrons. The van der Waals surface area contributed by atoms with Crippen LogP contribution in [0.1, 0.15) is 12.8 Å². The zero-order valence-electron chi connectivity index (χ0n) is 14.9. The van der Waals surface area contributed by atoms with Crippen molar-refractivity contribution in [2.45, 2.75) is 31.2 Å². The number of aliphatic hydroxyl groups excluding tert-OH is 4. The number of anilines is 2. The minimum atomic E-state index is -1.72. The zero-order chi connectivity index (χ0) is 20.6. The largest absolute Gasteiger partial charge is 0.394 e. The Morgan fingerprint density at radius 2 is 1.79 bits per heavy atom. The van der Waals surface area contributed by atoms with Crippen molar-refractivity contribution in [2.75, 3.05) is 36.0 Å². The lowest BCUT2D eigenvalue weighted by Gasteiger charge is -2.37. The third kappa shape index (κ3) is 3.99. The van der Waals surface area contributed by atoms with Gasteiger partial charge in [-0.05, 0) is 12.8 Å². The van der Waals surface area contributed by atoms with Crippen LogP contribution in [0.4, 0.5) is 11.5 Å². The van der Waals surface area contributed by atoms with Crippen molar-refractivity contribution < 1.29 is 30.0 Å². The van der Waals surface area contributed by atoms with Crippen LogP contribution in [0.25, 0.3) is 0 Å². The van der Waals surface area contributed by atoms with E-state index in [1.165, 1.54) is 4.90 Å². The van der Waals surface area contributed by atoms with Gasteiger partial charge in [0, 0.05) is 12.5 Å². The third-order valence-corrected chi connectivity index (χ3v) is 4.84. The number of fused-ring (bicyclic) bond motifs is 1. The second-order valence-corrected chi connectivity index (χ2v) is 7.01. The molecule has 0 saturated heterocycles. The van der Waals surface area contributed by atoms with E-state index in [1.807, 2.05) is 4.98 Å². The monoisotopic (exact) mass is 398 g/mol. The number of Topliss-reactive ketones (excluding diaryl/α,β-unsaturated/α-hetero) is 1. The fourth-order valence-electron chi connectivity index (χ4n) is 3.11. The van der Waals surface area contributed by atoms with Crippen LogP contribution < -0.4 is 21.0 Å². The molecule has 1 fully saturated rings. The lowest BCUT2D eigenvalue weighted by atomic mass is 10.1. The Hall–Kier alpha value is -2.54. The van der Waals surface area contributed by atoms with E-state index in [1.54, 1.807) is 0 Å². The second kappa shape index (κ2) is 7.83. The molecule has 3 atom stereocenters. The van der Waals surface area contributed by atoms with Crippen molar-refractivity contribution in [3.05, 3.63) is 20.8 Å². The number of H-pyrrole nitrogens is 2. The molecule has 1 saturated carbocycles. The van der Waals surface area contributed by atoms with E-state index >= 15 is 0 Å². The molecule has 6 N–H and O–H groups in total. The molecule has 12 heteroatoms. The van der Waals surface area contributed by atoms with Gasteiger partial charge in [0.25, 0.3) is 5.56 Å². The fourth-order valence-corrected chi connectivity index (χ4v) is 3.11. The number of carbonyl (C=O) groups excluding carboxylic acids is 2. The number of carbonyl (C=O) groups is 2. The van der Waals surface area contributed by atoms with Gasteiger partial charge in [0.15, 0.2) is 11.5 Å². The number of nitrogens with zero attached hydrogens (tertiary/aromatic N) is 2. The molecule has 1 aliphatic carbocycles. The maximum absolute atomic E-state index is 12.6. The van der Waals surface area contributed by atoms with Crippen molar-refractivity contribution in [2.24, 2.45) is 5.92 Å². The Bertz CT molecular complexity index is 876. The average molecular weight is 398 g/mol. The van der Waals surface area contributed by atoms with E-state index < -0.39 is 48.6 Å². The predicted molar refractivity (Wildman–Crippen MR) is 95.1 cm³/mol. The van der Waals surface area contributed by atoms with E-state index in [0.29, 0.717) is 0 Å². The highest BCUT2D eigenvalue weighted by atomic mass is 16.4. The number of β-amino-alcohol motifs (C(OH)–C–C–N with tert-alkyl or cyclic N) is 1. The second-order valence-electron chi connectivity index (χ2n) is 7.01. The molecule has 1 aliphatic heterocycles. The molecule has 0 radical (unpaired) electrons. The fraction of sp³-hybridized carbons (Fsp3) is 0.625. The van der Waals surface area contributed by atoms with Crippen LogP contribution >= 0.6 is 0 Å². The quantitative estimate of drug-likeness (QED) is 0.256. The standard InChI is InChI=1S/C16H22N4O8/c21-6-10(24)13(26)9(23)3-19-5-11(25)20(4-8(22)7-1-2-7)12-14(19)17-16(28)18-15(12)27/h7,9-10,13,21,23-24,26H,1-6H2,(H2,17,18,27,28)/t9-,10+,13-/m0/s1. The van der Waals surface area contributed by atoms with Gasteiger partial charge in [-0.1, -0.05) is 0 Å². The highest BCUT2D eigenvalue weighted by Gasteiger charge is 2.38. The van der Waals surface area contributed by atoms with Crippen LogP contribution in [0, 0.1) is 5.92 Å². The van der Waals surface area contributed by atoms with Crippen LogP contribution in [-0.2, 0) is 9.59 Å². The first-order chi connectivity index (χ1) is 13.2. The van der Waals surface area contributed by atoms with Crippen LogP contribution in [-0.4, -0.2) is 86.6 Å². The molecule has 1 amide bonds. The third-order valence-electron chi connectivity index (χ3n) is 4.84. The van der Waals surface area contributed by atoms with Gasteiger partial charge in [0.05, 0.1) is 19.7 Å². The number of rotatable bonds is 8. The van der Waals surface area contributed by atoms with Gasteiger partial charge in [0.1, 0.15) is 24.1 Å².